The maximum atomic E-state index is 13.3. The zero-order valence-electron chi connectivity index (χ0n) is 12.5. The molecule has 4 N–H and O–H groups in total. The lowest BCUT2D eigenvalue weighted by atomic mass is 10.1. The molecule has 118 valence electrons. The van der Waals surface area contributed by atoms with E-state index in [-0.39, 0.29) is 18.1 Å². The van der Waals surface area contributed by atoms with Crippen molar-refractivity contribution < 1.29 is 14.0 Å². The number of carbonyl (C=O) groups excluding carboxylic acids is 2. The van der Waals surface area contributed by atoms with Gasteiger partial charge in [-0.25, -0.2) is 4.39 Å². The summed E-state index contributed by atoms with van der Waals surface area (Å²) in [5.74, 6) is -1.19. The standard InChI is InChI=1S/C16H20FN3O2/c1-2-3-4-14(16(18)22)20-15(21)7-10-9-19-13-6-5-11(17)8-12(10)13/h5-6,8-9,14,19H,2-4,7H2,1H3,(H2,18,22)(H,20,21)/t14-/m0/s1. The highest BCUT2D eigenvalue weighted by Crippen LogP contribution is 2.19. The highest BCUT2D eigenvalue weighted by atomic mass is 19.1. The van der Waals surface area contributed by atoms with Gasteiger partial charge in [-0.05, 0) is 30.2 Å². The first kappa shape index (κ1) is 16.0. The van der Waals surface area contributed by atoms with Crippen molar-refractivity contribution in [1.29, 1.82) is 0 Å². The van der Waals surface area contributed by atoms with E-state index in [9.17, 15) is 14.0 Å². The smallest absolute Gasteiger partial charge is 0.239 e. The first-order valence-corrected chi connectivity index (χ1v) is 7.35. The topological polar surface area (TPSA) is 88.0 Å². The van der Waals surface area contributed by atoms with Crippen LogP contribution in [0.2, 0.25) is 0 Å². The third kappa shape index (κ3) is 3.84. The zero-order chi connectivity index (χ0) is 16.1. The summed E-state index contributed by atoms with van der Waals surface area (Å²) < 4.78 is 13.3. The van der Waals surface area contributed by atoms with E-state index in [1.807, 2.05) is 6.92 Å². The third-order valence-electron chi connectivity index (χ3n) is 3.61. The van der Waals surface area contributed by atoms with Gasteiger partial charge >= 0.3 is 0 Å². The van der Waals surface area contributed by atoms with Crippen LogP contribution in [0, 0.1) is 5.82 Å². The van der Waals surface area contributed by atoms with Gasteiger partial charge in [-0.2, -0.15) is 0 Å². The molecule has 0 aliphatic heterocycles. The Bertz CT molecular complexity index is 681. The van der Waals surface area contributed by atoms with Gasteiger partial charge in [-0.15, -0.1) is 0 Å². The molecule has 2 rings (SSSR count). The molecule has 0 spiro atoms. The Labute approximate surface area is 128 Å². The zero-order valence-corrected chi connectivity index (χ0v) is 12.5. The number of nitrogens with two attached hydrogens (primary N) is 1. The largest absolute Gasteiger partial charge is 0.368 e. The van der Waals surface area contributed by atoms with Gasteiger partial charge in [0, 0.05) is 17.1 Å². The Morgan fingerprint density at radius 1 is 1.41 bits per heavy atom. The Hall–Kier alpha value is -2.37. The molecule has 2 aromatic rings. The van der Waals surface area contributed by atoms with E-state index < -0.39 is 11.9 Å². The van der Waals surface area contributed by atoms with E-state index in [0.717, 1.165) is 18.4 Å². The number of aromatic nitrogens is 1. The Morgan fingerprint density at radius 3 is 2.86 bits per heavy atom. The highest BCUT2D eigenvalue weighted by Gasteiger charge is 2.18. The van der Waals surface area contributed by atoms with Crippen LogP contribution < -0.4 is 11.1 Å². The van der Waals surface area contributed by atoms with Crippen LogP contribution in [0.1, 0.15) is 31.7 Å². The van der Waals surface area contributed by atoms with Gasteiger partial charge in [0.1, 0.15) is 11.9 Å². The molecular weight excluding hydrogens is 285 g/mol. The quantitative estimate of drug-likeness (QED) is 0.730. The molecule has 5 nitrogen and oxygen atoms in total. The minimum Gasteiger partial charge on any atom is -0.368 e. The predicted octanol–water partition coefficient (Wildman–Crippen LogP) is 2.01. The number of rotatable bonds is 7. The second kappa shape index (κ2) is 7.06. The third-order valence-corrected chi connectivity index (χ3v) is 3.61. The summed E-state index contributed by atoms with van der Waals surface area (Å²) in [5, 5.41) is 3.31. The number of halogens is 1. The van der Waals surface area contributed by atoms with Crippen LogP contribution in [0.15, 0.2) is 24.4 Å². The van der Waals surface area contributed by atoms with Crippen LogP contribution in [0.4, 0.5) is 4.39 Å². The Balaban J connectivity index is 2.06. The number of aromatic amines is 1. The second-order valence-corrected chi connectivity index (χ2v) is 5.35. The number of benzene rings is 1. The number of carbonyl (C=O) groups is 2. The number of primary amides is 1. The number of amides is 2. The lowest BCUT2D eigenvalue weighted by Gasteiger charge is -2.14. The van der Waals surface area contributed by atoms with Gasteiger partial charge in [0.25, 0.3) is 0 Å². The fraction of sp³-hybridized carbons (Fsp3) is 0.375. The predicted molar refractivity (Wildman–Crippen MR) is 82.6 cm³/mol. The highest BCUT2D eigenvalue weighted by molar-refractivity contribution is 5.91. The average Bonchev–Trinajstić information content (AvgIpc) is 2.85. The van der Waals surface area contributed by atoms with Crippen molar-refractivity contribution in [2.45, 2.75) is 38.6 Å². The molecule has 0 radical (unpaired) electrons. The van der Waals surface area contributed by atoms with Crippen LogP contribution >= 0.6 is 0 Å². The van der Waals surface area contributed by atoms with Crippen molar-refractivity contribution in [3.63, 3.8) is 0 Å². The molecule has 0 fully saturated rings. The number of hydrogen-bond acceptors (Lipinski definition) is 2. The fourth-order valence-electron chi connectivity index (χ4n) is 2.41. The summed E-state index contributed by atoms with van der Waals surface area (Å²) >= 11 is 0. The molecule has 0 unspecified atom stereocenters. The Kier molecular flexibility index (Phi) is 5.14. The number of unbranched alkanes of at least 4 members (excludes halogenated alkanes) is 1. The fourth-order valence-corrected chi connectivity index (χ4v) is 2.41. The minimum atomic E-state index is -0.658. The summed E-state index contributed by atoms with van der Waals surface area (Å²) in [4.78, 5) is 26.4. The van der Waals surface area contributed by atoms with Crippen LogP contribution in [-0.4, -0.2) is 22.8 Å². The molecule has 2 amide bonds. The van der Waals surface area contributed by atoms with Gasteiger partial charge in [0.2, 0.25) is 11.8 Å². The van der Waals surface area contributed by atoms with Crippen molar-refractivity contribution in [3.8, 4) is 0 Å². The van der Waals surface area contributed by atoms with Crippen molar-refractivity contribution in [1.82, 2.24) is 10.3 Å². The molecule has 6 heteroatoms. The summed E-state index contributed by atoms with van der Waals surface area (Å²) in [6.45, 7) is 2.00. The lowest BCUT2D eigenvalue weighted by molar-refractivity contribution is -0.127. The van der Waals surface area contributed by atoms with E-state index in [2.05, 4.69) is 10.3 Å². The molecule has 1 atom stereocenters. The molecule has 0 aliphatic carbocycles. The molecule has 22 heavy (non-hydrogen) atoms. The SMILES string of the molecule is CCCC[C@H](NC(=O)Cc1c[nH]c2ccc(F)cc12)C(N)=O. The molecular formula is C16H20FN3O2. The maximum Gasteiger partial charge on any atom is 0.239 e. The lowest BCUT2D eigenvalue weighted by Crippen LogP contribution is -2.44. The number of fused-ring (bicyclic) bond motifs is 1. The van der Waals surface area contributed by atoms with Gasteiger partial charge in [0.15, 0.2) is 0 Å². The molecule has 0 saturated carbocycles. The molecule has 1 aromatic carbocycles. The summed E-state index contributed by atoms with van der Waals surface area (Å²) in [6.07, 6.45) is 4.00. The number of H-pyrrole nitrogens is 1. The van der Waals surface area contributed by atoms with E-state index in [1.54, 1.807) is 12.3 Å². The summed E-state index contributed by atoms with van der Waals surface area (Å²) in [6, 6.07) is 3.71. The second-order valence-electron chi connectivity index (χ2n) is 5.35. The normalized spacial score (nSPS) is 12.3. The number of hydrogen-bond donors (Lipinski definition) is 3. The van der Waals surface area contributed by atoms with Gasteiger partial charge in [-0.1, -0.05) is 19.8 Å². The average molecular weight is 305 g/mol. The molecule has 1 aromatic heterocycles. The molecule has 0 aliphatic rings. The molecule has 1 heterocycles. The van der Waals surface area contributed by atoms with Crippen LogP contribution in [0.3, 0.4) is 0 Å². The Morgan fingerprint density at radius 2 is 2.18 bits per heavy atom. The molecule has 0 saturated heterocycles. The minimum absolute atomic E-state index is 0.0688. The van der Waals surface area contributed by atoms with Crippen molar-refractivity contribution in [2.75, 3.05) is 0 Å². The van der Waals surface area contributed by atoms with Crippen molar-refractivity contribution in [2.24, 2.45) is 5.73 Å². The monoisotopic (exact) mass is 305 g/mol. The number of nitrogens with one attached hydrogen (secondary N) is 2. The van der Waals surface area contributed by atoms with E-state index in [1.165, 1.54) is 12.1 Å². The van der Waals surface area contributed by atoms with Gasteiger partial charge in [-0.3, -0.25) is 9.59 Å². The molecule has 0 bridgehead atoms. The van der Waals surface area contributed by atoms with E-state index >= 15 is 0 Å². The van der Waals surface area contributed by atoms with Crippen LogP contribution in [0.5, 0.6) is 0 Å². The first-order valence-electron chi connectivity index (χ1n) is 7.35. The van der Waals surface area contributed by atoms with Crippen molar-refractivity contribution >= 4 is 22.7 Å². The van der Waals surface area contributed by atoms with Gasteiger partial charge < -0.3 is 16.0 Å². The van der Waals surface area contributed by atoms with E-state index in [0.29, 0.717) is 17.4 Å². The van der Waals surface area contributed by atoms with Crippen molar-refractivity contribution in [3.05, 3.63) is 35.8 Å². The maximum absolute atomic E-state index is 13.3. The summed E-state index contributed by atoms with van der Waals surface area (Å²) in [5.41, 5.74) is 6.75. The summed E-state index contributed by atoms with van der Waals surface area (Å²) in [7, 11) is 0. The van der Waals surface area contributed by atoms with Crippen LogP contribution in [0.25, 0.3) is 10.9 Å². The van der Waals surface area contributed by atoms with Crippen LogP contribution in [-0.2, 0) is 16.0 Å². The first-order chi connectivity index (χ1) is 10.5. The van der Waals surface area contributed by atoms with E-state index in [4.69, 9.17) is 5.73 Å². The van der Waals surface area contributed by atoms with Gasteiger partial charge in [0.05, 0.1) is 6.42 Å².